The molecule has 100 valence electrons. The van der Waals surface area contributed by atoms with Crippen molar-refractivity contribution in [1.82, 2.24) is 4.90 Å². The minimum Gasteiger partial charge on any atom is -0.467 e. The van der Waals surface area contributed by atoms with Crippen LogP contribution >= 0.6 is 0 Å². The van der Waals surface area contributed by atoms with Crippen LogP contribution in [0.1, 0.15) is 27.2 Å². The number of amides is 1. The van der Waals surface area contributed by atoms with E-state index in [2.05, 4.69) is 4.74 Å². The molecule has 1 aliphatic rings. The maximum atomic E-state index is 11.9. The summed E-state index contributed by atoms with van der Waals surface area (Å²) in [6, 6.07) is 1.16. The Bertz CT molecular complexity index is 381. The molecule has 6 heteroatoms. The minimum atomic E-state index is -0.866. The fourth-order valence-corrected chi connectivity index (χ4v) is 1.87. The molecule has 1 rings (SSSR count). The number of carbonyl (C=O) groups is 2. The molecule has 0 aromatic heterocycles. The Labute approximate surface area is 106 Å². The normalized spacial score (nSPS) is 23.4. The van der Waals surface area contributed by atoms with Crippen LogP contribution in [0.3, 0.4) is 0 Å². The lowest BCUT2D eigenvalue weighted by Crippen LogP contribution is -2.45. The highest BCUT2D eigenvalue weighted by Gasteiger charge is 2.44. The second kappa shape index (κ2) is 5.25. The van der Waals surface area contributed by atoms with Crippen molar-refractivity contribution in [3.8, 4) is 6.07 Å². The van der Waals surface area contributed by atoms with Crippen LogP contribution < -0.4 is 0 Å². The third-order valence-corrected chi connectivity index (χ3v) is 2.63. The number of esters is 1. The Hall–Kier alpha value is -1.77. The van der Waals surface area contributed by atoms with E-state index in [1.165, 1.54) is 12.0 Å². The smallest absolute Gasteiger partial charge is 0.411 e. The lowest BCUT2D eigenvalue weighted by atomic mass is 10.0. The molecule has 18 heavy (non-hydrogen) atoms. The number of hydrogen-bond donors (Lipinski definition) is 0. The van der Waals surface area contributed by atoms with Gasteiger partial charge in [0.2, 0.25) is 0 Å². The number of nitrogens with zero attached hydrogens (tertiary/aromatic N) is 2. The molecular weight excluding hydrogens is 236 g/mol. The summed E-state index contributed by atoms with van der Waals surface area (Å²) in [5, 5.41) is 8.98. The van der Waals surface area contributed by atoms with E-state index in [1.54, 1.807) is 20.8 Å². The Morgan fingerprint density at radius 1 is 1.39 bits per heavy atom. The quantitative estimate of drug-likeness (QED) is 0.659. The number of methoxy groups -OCH3 is 1. The van der Waals surface area contributed by atoms with Gasteiger partial charge >= 0.3 is 12.1 Å². The van der Waals surface area contributed by atoms with Crippen molar-refractivity contribution in [3.05, 3.63) is 0 Å². The van der Waals surface area contributed by atoms with Crippen molar-refractivity contribution in [3.63, 3.8) is 0 Å². The first-order valence-corrected chi connectivity index (χ1v) is 5.77. The first kappa shape index (κ1) is 14.3. The van der Waals surface area contributed by atoms with Crippen LogP contribution in [0.15, 0.2) is 0 Å². The van der Waals surface area contributed by atoms with E-state index in [9.17, 15) is 9.59 Å². The molecule has 0 aliphatic carbocycles. The Morgan fingerprint density at radius 2 is 2.00 bits per heavy atom. The molecule has 1 fully saturated rings. The van der Waals surface area contributed by atoms with E-state index >= 15 is 0 Å². The molecule has 1 amide bonds. The summed E-state index contributed by atoms with van der Waals surface area (Å²) in [5.41, 5.74) is -0.636. The maximum absolute atomic E-state index is 11.9. The molecule has 0 aromatic rings. The van der Waals surface area contributed by atoms with Gasteiger partial charge in [-0.25, -0.2) is 9.59 Å². The van der Waals surface area contributed by atoms with Crippen molar-refractivity contribution in [1.29, 1.82) is 5.26 Å². The van der Waals surface area contributed by atoms with Crippen molar-refractivity contribution >= 4 is 12.1 Å². The number of carbonyl (C=O) groups excluding carboxylic acids is 2. The van der Waals surface area contributed by atoms with Crippen LogP contribution in [-0.4, -0.2) is 42.3 Å². The second-order valence-electron chi connectivity index (χ2n) is 5.17. The molecule has 0 unspecified atom stereocenters. The fourth-order valence-electron chi connectivity index (χ4n) is 1.87. The summed E-state index contributed by atoms with van der Waals surface area (Å²) < 4.78 is 9.85. The van der Waals surface area contributed by atoms with Gasteiger partial charge in [-0.2, -0.15) is 5.26 Å². The van der Waals surface area contributed by atoms with Gasteiger partial charge in [-0.05, 0) is 27.2 Å². The van der Waals surface area contributed by atoms with E-state index in [-0.39, 0.29) is 0 Å². The van der Waals surface area contributed by atoms with Crippen LogP contribution in [0.25, 0.3) is 0 Å². The molecule has 0 aromatic carbocycles. The zero-order valence-corrected chi connectivity index (χ0v) is 11.1. The number of hydrogen-bond acceptors (Lipinski definition) is 5. The first-order valence-electron chi connectivity index (χ1n) is 5.77. The molecule has 0 radical (unpaired) electrons. The molecule has 0 N–H and O–H groups in total. The Morgan fingerprint density at radius 3 is 2.44 bits per heavy atom. The Kier molecular flexibility index (Phi) is 4.17. The van der Waals surface area contributed by atoms with Crippen LogP contribution in [-0.2, 0) is 14.3 Å². The minimum absolute atomic E-state index is 0.326. The summed E-state index contributed by atoms with van der Waals surface area (Å²) in [5.74, 6) is -1.12. The van der Waals surface area contributed by atoms with Gasteiger partial charge in [0.25, 0.3) is 0 Å². The third kappa shape index (κ3) is 3.13. The van der Waals surface area contributed by atoms with Gasteiger partial charge in [-0.15, -0.1) is 0 Å². The average molecular weight is 254 g/mol. The van der Waals surface area contributed by atoms with Gasteiger partial charge in [-0.3, -0.25) is 4.90 Å². The van der Waals surface area contributed by atoms with Crippen LogP contribution in [0.5, 0.6) is 0 Å². The van der Waals surface area contributed by atoms with E-state index in [0.717, 1.165) is 0 Å². The van der Waals surface area contributed by atoms with Gasteiger partial charge in [0.05, 0.1) is 19.1 Å². The summed E-state index contributed by atoms with van der Waals surface area (Å²) >= 11 is 0. The van der Waals surface area contributed by atoms with Crippen LogP contribution in [0, 0.1) is 17.2 Å². The molecule has 1 heterocycles. The highest BCUT2D eigenvalue weighted by molar-refractivity contribution is 5.83. The summed E-state index contributed by atoms with van der Waals surface area (Å²) in [4.78, 5) is 24.8. The van der Waals surface area contributed by atoms with E-state index in [1.807, 2.05) is 6.07 Å². The maximum Gasteiger partial charge on any atom is 0.411 e. The number of rotatable bonds is 1. The lowest BCUT2D eigenvalue weighted by molar-refractivity contribution is -0.146. The van der Waals surface area contributed by atoms with Crippen LogP contribution in [0.2, 0.25) is 0 Å². The molecule has 1 aliphatic heterocycles. The van der Waals surface area contributed by atoms with E-state index in [4.69, 9.17) is 10.00 Å². The molecule has 0 spiro atoms. The van der Waals surface area contributed by atoms with Gasteiger partial charge in [-0.1, -0.05) is 0 Å². The van der Waals surface area contributed by atoms with E-state index in [0.29, 0.717) is 13.0 Å². The average Bonchev–Trinajstić information content (AvgIpc) is 2.69. The molecule has 6 nitrogen and oxygen atoms in total. The second-order valence-corrected chi connectivity index (χ2v) is 5.17. The SMILES string of the molecule is COC(=O)[C@@H]1[C@H](C#N)CCN1C(=O)OC(C)(C)C. The van der Waals surface area contributed by atoms with Gasteiger partial charge in [0.1, 0.15) is 11.6 Å². The lowest BCUT2D eigenvalue weighted by Gasteiger charge is -2.27. The van der Waals surface area contributed by atoms with Crippen molar-refractivity contribution < 1.29 is 19.1 Å². The number of nitriles is 1. The fraction of sp³-hybridized carbons (Fsp3) is 0.750. The monoisotopic (exact) mass is 254 g/mol. The number of likely N-dealkylation sites (tertiary alicyclic amines) is 1. The summed E-state index contributed by atoms with van der Waals surface area (Å²) in [6.45, 7) is 5.56. The zero-order chi connectivity index (χ0) is 13.9. The molecule has 1 saturated heterocycles. The predicted molar refractivity (Wildman–Crippen MR) is 62.5 cm³/mol. The topological polar surface area (TPSA) is 79.6 Å². The molecule has 2 atom stereocenters. The molecule has 0 bridgehead atoms. The van der Waals surface area contributed by atoms with E-state index < -0.39 is 29.6 Å². The first-order chi connectivity index (χ1) is 8.30. The van der Waals surface area contributed by atoms with Crippen molar-refractivity contribution in [2.24, 2.45) is 5.92 Å². The standard InChI is InChI=1S/C12H18N2O4/c1-12(2,3)18-11(16)14-6-5-8(7-13)9(14)10(15)17-4/h8-9H,5-6H2,1-4H3/t8-,9-/m0/s1. The largest absolute Gasteiger partial charge is 0.467 e. The van der Waals surface area contributed by atoms with Gasteiger partial charge in [0.15, 0.2) is 0 Å². The van der Waals surface area contributed by atoms with Gasteiger partial charge in [0, 0.05) is 6.54 Å². The van der Waals surface area contributed by atoms with Crippen molar-refractivity contribution in [2.45, 2.75) is 38.8 Å². The molecule has 0 saturated carbocycles. The highest BCUT2D eigenvalue weighted by Crippen LogP contribution is 2.26. The molecular formula is C12H18N2O4. The Balaban J connectivity index is 2.85. The number of ether oxygens (including phenoxy) is 2. The van der Waals surface area contributed by atoms with Crippen LogP contribution in [0.4, 0.5) is 4.79 Å². The predicted octanol–water partition coefficient (Wildman–Crippen LogP) is 1.31. The highest BCUT2D eigenvalue weighted by atomic mass is 16.6. The van der Waals surface area contributed by atoms with Crippen molar-refractivity contribution in [2.75, 3.05) is 13.7 Å². The third-order valence-electron chi connectivity index (χ3n) is 2.63. The zero-order valence-electron chi connectivity index (χ0n) is 11.1. The van der Waals surface area contributed by atoms with Gasteiger partial charge < -0.3 is 9.47 Å². The summed E-state index contributed by atoms with van der Waals surface area (Å²) in [6.07, 6.45) is -0.133. The summed E-state index contributed by atoms with van der Waals surface area (Å²) in [7, 11) is 1.24.